The van der Waals surface area contributed by atoms with E-state index in [0.717, 1.165) is 23.5 Å². The third-order valence-electron chi connectivity index (χ3n) is 5.11. The number of benzene rings is 2. The molecule has 0 saturated heterocycles. The number of thiol groups is 1. The molecule has 2 aromatic carbocycles. The van der Waals surface area contributed by atoms with Gasteiger partial charge in [-0.25, -0.2) is 0 Å². The first-order valence-electron chi connectivity index (χ1n) is 10.9. The lowest BCUT2D eigenvalue weighted by Crippen LogP contribution is -2.16. The summed E-state index contributed by atoms with van der Waals surface area (Å²) in [5, 5.41) is 0.266. The van der Waals surface area contributed by atoms with Gasteiger partial charge in [0.15, 0.2) is 0 Å². The molecule has 0 fully saturated rings. The lowest BCUT2D eigenvalue weighted by atomic mass is 9.87. The SMILES string of the molecule is C=C/C=C(\C=C/C(C)C)N(c1ccc(C(S)CC)cc1)c1ccc(C(C)(C)C)cc1. The van der Waals surface area contributed by atoms with Crippen molar-refractivity contribution in [2.45, 2.75) is 58.6 Å². The Labute approximate surface area is 189 Å². The number of allylic oxidation sites excluding steroid dienone is 4. The quantitative estimate of drug-likeness (QED) is 0.330. The second-order valence-corrected chi connectivity index (χ2v) is 9.70. The van der Waals surface area contributed by atoms with Gasteiger partial charge in [-0.1, -0.05) is 84.5 Å². The van der Waals surface area contributed by atoms with Crippen LogP contribution in [0.25, 0.3) is 0 Å². The molecule has 1 unspecified atom stereocenters. The second kappa shape index (κ2) is 10.7. The summed E-state index contributed by atoms with van der Waals surface area (Å²) in [5.41, 5.74) is 6.06. The van der Waals surface area contributed by atoms with Crippen molar-refractivity contribution in [2.24, 2.45) is 5.92 Å². The molecule has 0 radical (unpaired) electrons. The molecule has 0 bridgehead atoms. The maximum absolute atomic E-state index is 4.69. The van der Waals surface area contributed by atoms with Gasteiger partial charge in [-0.2, -0.15) is 12.6 Å². The number of anilines is 2. The number of nitrogens with zero attached hydrogens (tertiary/aromatic N) is 1. The zero-order chi connectivity index (χ0) is 22.3. The van der Waals surface area contributed by atoms with E-state index in [4.69, 9.17) is 12.6 Å². The first kappa shape index (κ1) is 24.1. The molecule has 0 aliphatic rings. The van der Waals surface area contributed by atoms with Crippen LogP contribution >= 0.6 is 12.6 Å². The summed E-state index contributed by atoms with van der Waals surface area (Å²) in [4.78, 5) is 2.29. The van der Waals surface area contributed by atoms with Crippen molar-refractivity contribution in [1.29, 1.82) is 0 Å². The highest BCUT2D eigenvalue weighted by Gasteiger charge is 2.17. The fourth-order valence-electron chi connectivity index (χ4n) is 3.26. The van der Waals surface area contributed by atoms with Crippen LogP contribution in [0.3, 0.4) is 0 Å². The van der Waals surface area contributed by atoms with Crippen molar-refractivity contribution in [3.05, 3.63) is 96.2 Å². The Hall–Kier alpha value is -2.19. The van der Waals surface area contributed by atoms with Gasteiger partial charge in [0.25, 0.3) is 0 Å². The first-order chi connectivity index (χ1) is 14.2. The summed E-state index contributed by atoms with van der Waals surface area (Å²) in [7, 11) is 0. The van der Waals surface area contributed by atoms with Gasteiger partial charge >= 0.3 is 0 Å². The van der Waals surface area contributed by atoms with Crippen LogP contribution in [-0.2, 0) is 5.41 Å². The molecule has 0 aliphatic heterocycles. The highest BCUT2D eigenvalue weighted by Crippen LogP contribution is 2.34. The van der Waals surface area contributed by atoms with Crippen molar-refractivity contribution in [3.8, 4) is 0 Å². The van der Waals surface area contributed by atoms with Crippen LogP contribution in [0.4, 0.5) is 11.4 Å². The monoisotopic (exact) mass is 419 g/mol. The van der Waals surface area contributed by atoms with E-state index in [9.17, 15) is 0 Å². The van der Waals surface area contributed by atoms with Crippen molar-refractivity contribution < 1.29 is 0 Å². The van der Waals surface area contributed by atoms with Crippen LogP contribution < -0.4 is 4.90 Å². The molecular formula is C28H37NS. The number of rotatable bonds is 8. The number of hydrogen-bond donors (Lipinski definition) is 1. The Morgan fingerprint density at radius 1 is 1.00 bits per heavy atom. The maximum atomic E-state index is 4.69. The molecule has 0 amide bonds. The molecule has 0 aromatic heterocycles. The summed E-state index contributed by atoms with van der Waals surface area (Å²) >= 11 is 4.69. The lowest BCUT2D eigenvalue weighted by Gasteiger charge is -2.28. The number of hydrogen-bond acceptors (Lipinski definition) is 2. The fraction of sp³-hybridized carbons (Fsp3) is 0.357. The molecule has 1 nitrogen and oxygen atoms in total. The molecular weight excluding hydrogens is 382 g/mol. The van der Waals surface area contributed by atoms with Gasteiger partial charge in [-0.3, -0.25) is 0 Å². The van der Waals surface area contributed by atoms with Gasteiger partial charge in [0.2, 0.25) is 0 Å². The zero-order valence-electron chi connectivity index (χ0n) is 19.4. The normalized spacial score (nSPS) is 13.7. The van der Waals surface area contributed by atoms with Gasteiger partial charge in [0.05, 0.1) is 0 Å². The minimum Gasteiger partial charge on any atom is -0.311 e. The largest absolute Gasteiger partial charge is 0.311 e. The van der Waals surface area contributed by atoms with Crippen molar-refractivity contribution in [3.63, 3.8) is 0 Å². The van der Waals surface area contributed by atoms with Crippen molar-refractivity contribution in [1.82, 2.24) is 0 Å². The summed E-state index contributed by atoms with van der Waals surface area (Å²) in [6, 6.07) is 17.6. The Morgan fingerprint density at radius 2 is 1.53 bits per heavy atom. The average molecular weight is 420 g/mol. The molecule has 2 rings (SSSR count). The van der Waals surface area contributed by atoms with Crippen LogP contribution in [0.1, 0.15) is 64.3 Å². The van der Waals surface area contributed by atoms with E-state index in [1.807, 2.05) is 6.08 Å². The van der Waals surface area contributed by atoms with E-state index in [0.29, 0.717) is 5.92 Å². The van der Waals surface area contributed by atoms with Crippen LogP contribution in [0, 0.1) is 5.92 Å². The van der Waals surface area contributed by atoms with Crippen LogP contribution in [0.5, 0.6) is 0 Å². The van der Waals surface area contributed by atoms with E-state index in [1.165, 1.54) is 11.1 Å². The lowest BCUT2D eigenvalue weighted by molar-refractivity contribution is 0.590. The molecule has 0 spiro atoms. The van der Waals surface area contributed by atoms with Crippen LogP contribution in [-0.4, -0.2) is 0 Å². The van der Waals surface area contributed by atoms with Gasteiger partial charge < -0.3 is 4.90 Å². The third-order valence-corrected chi connectivity index (χ3v) is 5.78. The Balaban J connectivity index is 2.57. The third kappa shape index (κ3) is 6.40. The van der Waals surface area contributed by atoms with E-state index < -0.39 is 0 Å². The molecule has 0 aliphatic carbocycles. The highest BCUT2D eigenvalue weighted by atomic mass is 32.1. The van der Waals surface area contributed by atoms with Gasteiger partial charge in [0, 0.05) is 22.3 Å². The standard InChI is InChI=1S/C28H37NS/c1-8-10-24(16-11-21(3)4)29(25-17-12-22(13-18-25)27(30)9-2)26-19-14-23(15-20-26)28(5,6)7/h8,10-21,27,30H,1,9H2,2-7H3/b16-11-,24-10+. The Morgan fingerprint density at radius 3 is 1.97 bits per heavy atom. The van der Waals surface area contributed by atoms with E-state index in [-0.39, 0.29) is 10.7 Å². The fourth-order valence-corrected chi connectivity index (χ4v) is 3.43. The molecule has 0 N–H and O–H groups in total. The molecule has 2 aromatic rings. The maximum Gasteiger partial charge on any atom is 0.0461 e. The highest BCUT2D eigenvalue weighted by molar-refractivity contribution is 7.80. The molecule has 0 heterocycles. The molecule has 160 valence electrons. The van der Waals surface area contributed by atoms with E-state index in [1.54, 1.807) is 0 Å². The van der Waals surface area contributed by atoms with Crippen molar-refractivity contribution in [2.75, 3.05) is 4.90 Å². The summed E-state index contributed by atoms with van der Waals surface area (Å²) in [5.74, 6) is 0.472. The Bertz CT molecular complexity index is 864. The van der Waals surface area contributed by atoms with Crippen molar-refractivity contribution >= 4 is 24.0 Å². The van der Waals surface area contributed by atoms with E-state index in [2.05, 4.69) is 120 Å². The summed E-state index contributed by atoms with van der Waals surface area (Å²) < 4.78 is 0. The smallest absolute Gasteiger partial charge is 0.0461 e. The first-order valence-corrected chi connectivity index (χ1v) is 11.4. The summed E-state index contributed by atoms with van der Waals surface area (Å²) in [6.45, 7) is 17.2. The van der Waals surface area contributed by atoms with E-state index >= 15 is 0 Å². The van der Waals surface area contributed by atoms with Crippen LogP contribution in [0.15, 0.2) is 85.1 Å². The average Bonchev–Trinajstić information content (AvgIpc) is 2.71. The summed E-state index contributed by atoms with van der Waals surface area (Å²) in [6.07, 6.45) is 9.34. The van der Waals surface area contributed by atoms with Gasteiger partial charge in [-0.15, -0.1) is 0 Å². The van der Waals surface area contributed by atoms with Gasteiger partial charge in [0.1, 0.15) is 0 Å². The minimum absolute atomic E-state index is 0.129. The zero-order valence-corrected chi connectivity index (χ0v) is 20.3. The van der Waals surface area contributed by atoms with Crippen LogP contribution in [0.2, 0.25) is 0 Å². The predicted octanol–water partition coefficient (Wildman–Crippen LogP) is 8.79. The molecule has 1 atom stereocenters. The van der Waals surface area contributed by atoms with Gasteiger partial charge in [-0.05, 0) is 65.3 Å². The predicted molar refractivity (Wildman–Crippen MR) is 138 cm³/mol. The minimum atomic E-state index is 0.129. The molecule has 2 heteroatoms. The Kier molecular flexibility index (Phi) is 8.61. The second-order valence-electron chi connectivity index (χ2n) is 9.08. The molecule has 30 heavy (non-hydrogen) atoms. The molecule has 0 saturated carbocycles. The topological polar surface area (TPSA) is 3.24 Å².